The maximum absolute atomic E-state index is 13.0. The standard InChI is InChI=1S/C25H35N3O4/c1-17(2)13-18(15-23(29)30)24(31)27-21-14-19-16-28(22-10-6-5-9-20(19)22)12-8-4-3-7-11-26-25(21)32/h5-6,9-10,16-19,21H,3-4,7-8,11-15H2,1-2H3,(H2-,26,27,29,30,31,32)/p+1/t18-,19?,21+/m1/s1. The van der Waals surface area contributed by atoms with Crippen molar-refractivity contribution >= 4 is 29.7 Å². The molecule has 1 aromatic carbocycles. The zero-order valence-corrected chi connectivity index (χ0v) is 19.2. The number of fused-ring (bicyclic) bond motifs is 4. The van der Waals surface area contributed by atoms with Gasteiger partial charge in [0, 0.05) is 30.5 Å². The van der Waals surface area contributed by atoms with Gasteiger partial charge in [0.2, 0.25) is 17.5 Å². The van der Waals surface area contributed by atoms with Crippen LogP contribution in [0.3, 0.4) is 0 Å². The molecule has 174 valence electrons. The molecule has 0 saturated heterocycles. The molecule has 0 aromatic heterocycles. The fourth-order valence-electron chi connectivity index (χ4n) is 4.76. The zero-order chi connectivity index (χ0) is 23.1. The van der Waals surface area contributed by atoms with Crippen LogP contribution in [-0.2, 0) is 14.4 Å². The van der Waals surface area contributed by atoms with E-state index in [2.05, 4.69) is 33.6 Å². The van der Waals surface area contributed by atoms with Crippen LogP contribution in [0.1, 0.15) is 70.3 Å². The fourth-order valence-corrected chi connectivity index (χ4v) is 4.76. The minimum atomic E-state index is -1.00. The third-order valence-corrected chi connectivity index (χ3v) is 6.30. The Bertz CT molecular complexity index is 864. The molecule has 32 heavy (non-hydrogen) atoms. The highest BCUT2D eigenvalue weighted by Crippen LogP contribution is 2.34. The first-order valence-corrected chi connectivity index (χ1v) is 11.9. The van der Waals surface area contributed by atoms with Gasteiger partial charge >= 0.3 is 5.97 Å². The zero-order valence-electron chi connectivity index (χ0n) is 19.2. The van der Waals surface area contributed by atoms with Crippen LogP contribution in [-0.4, -0.2) is 52.8 Å². The van der Waals surface area contributed by atoms with Crippen LogP contribution >= 0.6 is 0 Å². The monoisotopic (exact) mass is 442 g/mol. The molecule has 0 saturated carbocycles. The minimum absolute atomic E-state index is 0.0195. The summed E-state index contributed by atoms with van der Waals surface area (Å²) in [5, 5.41) is 15.2. The van der Waals surface area contributed by atoms with E-state index in [0.29, 0.717) is 19.4 Å². The summed E-state index contributed by atoms with van der Waals surface area (Å²) in [5.41, 5.74) is 2.34. The third kappa shape index (κ3) is 6.40. The Hall–Kier alpha value is -2.70. The summed E-state index contributed by atoms with van der Waals surface area (Å²) in [6.45, 7) is 5.46. The van der Waals surface area contributed by atoms with Gasteiger partial charge < -0.3 is 15.7 Å². The van der Waals surface area contributed by atoms with Crippen LogP contribution < -0.4 is 10.6 Å². The summed E-state index contributed by atoms with van der Waals surface area (Å²) in [7, 11) is 0. The topological polar surface area (TPSA) is 98.5 Å². The van der Waals surface area contributed by atoms with Gasteiger partial charge in [-0.2, -0.15) is 0 Å². The summed E-state index contributed by atoms with van der Waals surface area (Å²) in [6.07, 6.45) is 7.03. The van der Waals surface area contributed by atoms with E-state index in [1.54, 1.807) is 0 Å². The number of nitrogens with one attached hydrogen (secondary N) is 2. The predicted molar refractivity (Wildman–Crippen MR) is 123 cm³/mol. The lowest BCUT2D eigenvalue weighted by atomic mass is 9.91. The molecule has 2 aliphatic rings. The number of carbonyl (C=O) groups excluding carboxylic acids is 2. The Morgan fingerprint density at radius 3 is 2.69 bits per heavy atom. The number of nitrogens with zero attached hydrogens (tertiary/aromatic N) is 1. The molecule has 3 N–H and O–H groups in total. The van der Waals surface area contributed by atoms with Crippen molar-refractivity contribution in [2.75, 3.05) is 13.1 Å². The number of aliphatic carboxylic acids is 1. The van der Waals surface area contributed by atoms with Crippen molar-refractivity contribution in [1.29, 1.82) is 0 Å². The molecule has 7 heteroatoms. The van der Waals surface area contributed by atoms with Crippen molar-refractivity contribution in [2.24, 2.45) is 11.8 Å². The summed E-state index contributed by atoms with van der Waals surface area (Å²) in [6, 6.07) is 7.52. The van der Waals surface area contributed by atoms with E-state index < -0.39 is 17.9 Å². The molecule has 7 nitrogen and oxygen atoms in total. The average molecular weight is 443 g/mol. The molecular weight excluding hydrogens is 406 g/mol. The number of hydrogen-bond acceptors (Lipinski definition) is 3. The lowest BCUT2D eigenvalue weighted by molar-refractivity contribution is -0.433. The maximum Gasteiger partial charge on any atom is 0.304 e. The number of carboxylic acids is 1. The van der Waals surface area contributed by atoms with E-state index in [4.69, 9.17) is 0 Å². The van der Waals surface area contributed by atoms with Crippen molar-refractivity contribution in [1.82, 2.24) is 10.6 Å². The number of carbonyl (C=O) groups is 3. The first-order chi connectivity index (χ1) is 15.3. The number of para-hydroxylation sites is 1. The molecule has 1 unspecified atom stereocenters. The minimum Gasteiger partial charge on any atom is -0.481 e. The second-order valence-corrected chi connectivity index (χ2v) is 9.43. The fraction of sp³-hybridized carbons (Fsp3) is 0.600. The molecule has 2 bridgehead atoms. The molecule has 1 aromatic rings. The molecule has 0 aliphatic carbocycles. The van der Waals surface area contributed by atoms with Gasteiger partial charge in [-0.25, -0.2) is 4.58 Å². The van der Waals surface area contributed by atoms with Gasteiger partial charge in [-0.15, -0.1) is 0 Å². The largest absolute Gasteiger partial charge is 0.481 e. The summed E-state index contributed by atoms with van der Waals surface area (Å²) in [4.78, 5) is 37.4. The molecule has 2 amide bonds. The lowest BCUT2D eigenvalue weighted by Crippen LogP contribution is -2.49. The van der Waals surface area contributed by atoms with Crippen molar-refractivity contribution in [3.8, 4) is 0 Å². The molecule has 0 radical (unpaired) electrons. The summed E-state index contributed by atoms with van der Waals surface area (Å²) in [5.74, 6) is -2.00. The van der Waals surface area contributed by atoms with E-state index in [1.807, 2.05) is 26.0 Å². The van der Waals surface area contributed by atoms with E-state index in [1.165, 1.54) is 11.3 Å². The normalized spacial score (nSPS) is 22.5. The highest BCUT2D eigenvalue weighted by molar-refractivity contribution is 5.90. The van der Waals surface area contributed by atoms with Crippen LogP contribution in [0.5, 0.6) is 0 Å². The van der Waals surface area contributed by atoms with E-state index >= 15 is 0 Å². The van der Waals surface area contributed by atoms with Gasteiger partial charge in [0.25, 0.3) is 0 Å². The maximum atomic E-state index is 13.0. The van der Waals surface area contributed by atoms with Crippen molar-refractivity contribution in [2.45, 2.75) is 70.8 Å². The Balaban J connectivity index is 1.83. The van der Waals surface area contributed by atoms with Crippen molar-refractivity contribution in [3.63, 3.8) is 0 Å². The second kappa shape index (κ2) is 11.2. The van der Waals surface area contributed by atoms with Crippen molar-refractivity contribution in [3.05, 3.63) is 29.8 Å². The first-order valence-electron chi connectivity index (χ1n) is 11.9. The molecule has 0 fully saturated rings. The highest BCUT2D eigenvalue weighted by Gasteiger charge is 2.35. The summed E-state index contributed by atoms with van der Waals surface area (Å²) < 4.78 is 2.28. The Kier molecular flexibility index (Phi) is 8.42. The SMILES string of the molecule is CC(C)C[C@H](CC(=O)O)C(=O)N[C@H]1CC2C=[N+](CCCCCCNC1=O)c1ccccc12. The summed E-state index contributed by atoms with van der Waals surface area (Å²) >= 11 is 0. The van der Waals surface area contributed by atoms with Crippen LogP contribution in [0, 0.1) is 11.8 Å². The molecule has 3 atom stereocenters. The molecular formula is C25H36N3O4+. The van der Waals surface area contributed by atoms with Crippen LogP contribution in [0.15, 0.2) is 24.3 Å². The van der Waals surface area contributed by atoms with Gasteiger partial charge in [-0.05, 0) is 31.6 Å². The van der Waals surface area contributed by atoms with Crippen LogP contribution in [0.4, 0.5) is 5.69 Å². The number of hydrogen-bond donors (Lipinski definition) is 3. The molecule has 0 spiro atoms. The van der Waals surface area contributed by atoms with Crippen molar-refractivity contribution < 1.29 is 24.1 Å². The number of amides is 2. The van der Waals surface area contributed by atoms with E-state index in [-0.39, 0.29) is 30.1 Å². The molecule has 2 heterocycles. The van der Waals surface area contributed by atoms with Gasteiger partial charge in [-0.3, -0.25) is 14.4 Å². The number of carboxylic acid groups (broad SMARTS) is 1. The van der Waals surface area contributed by atoms with E-state index in [9.17, 15) is 19.5 Å². The average Bonchev–Trinajstić information content (AvgIpc) is 3.08. The number of benzene rings is 1. The van der Waals surface area contributed by atoms with Gasteiger partial charge in [0.1, 0.15) is 12.6 Å². The Morgan fingerprint density at radius 2 is 1.94 bits per heavy atom. The van der Waals surface area contributed by atoms with E-state index in [0.717, 1.165) is 32.2 Å². The Labute approximate surface area is 190 Å². The lowest BCUT2D eigenvalue weighted by Gasteiger charge is -2.23. The smallest absolute Gasteiger partial charge is 0.304 e. The van der Waals surface area contributed by atoms with Crippen LogP contribution in [0.25, 0.3) is 0 Å². The van der Waals surface area contributed by atoms with Crippen LogP contribution in [0.2, 0.25) is 0 Å². The highest BCUT2D eigenvalue weighted by atomic mass is 16.4. The third-order valence-electron chi connectivity index (χ3n) is 6.30. The Morgan fingerprint density at radius 1 is 1.19 bits per heavy atom. The molecule has 3 rings (SSSR count). The van der Waals surface area contributed by atoms with Gasteiger partial charge in [0.15, 0.2) is 6.21 Å². The predicted octanol–water partition coefficient (Wildman–Crippen LogP) is 3.20. The second-order valence-electron chi connectivity index (χ2n) is 9.43. The van der Waals surface area contributed by atoms with Gasteiger partial charge in [0.05, 0.1) is 12.3 Å². The van der Waals surface area contributed by atoms with Gasteiger partial charge in [-0.1, -0.05) is 38.5 Å². The first kappa shape index (κ1) is 24.0. The quantitative estimate of drug-likeness (QED) is 0.589. The number of rotatable bonds is 6. The molecule has 2 aliphatic heterocycles.